The van der Waals surface area contributed by atoms with Gasteiger partial charge in [-0.25, -0.2) is 0 Å². The van der Waals surface area contributed by atoms with Gasteiger partial charge in [0.25, 0.3) is 0 Å². The number of hydrogen-bond donors (Lipinski definition) is 2. The van der Waals surface area contributed by atoms with Crippen LogP contribution in [-0.4, -0.2) is 23.8 Å². The summed E-state index contributed by atoms with van der Waals surface area (Å²) in [6.45, 7) is 0.985. The lowest BCUT2D eigenvalue weighted by Gasteiger charge is -2.28. The Morgan fingerprint density at radius 1 is 1.40 bits per heavy atom. The molecule has 0 spiro atoms. The molecule has 3 heteroatoms. The van der Waals surface area contributed by atoms with Gasteiger partial charge in [-0.05, 0) is 48.2 Å². The SMILES string of the molecule is O[C@H]1CCCC[C@@H]1NCCc1ccsc1. The molecule has 1 fully saturated rings. The molecular weight excluding hydrogens is 206 g/mol. The maximum absolute atomic E-state index is 9.77. The van der Waals surface area contributed by atoms with Crippen LogP contribution in [0.3, 0.4) is 0 Å². The molecule has 15 heavy (non-hydrogen) atoms. The normalized spacial score (nSPS) is 26.7. The van der Waals surface area contributed by atoms with Gasteiger partial charge in [-0.2, -0.15) is 11.3 Å². The van der Waals surface area contributed by atoms with E-state index in [0.717, 1.165) is 25.8 Å². The minimum atomic E-state index is -0.124. The van der Waals surface area contributed by atoms with Crippen molar-refractivity contribution >= 4 is 11.3 Å². The summed E-state index contributed by atoms with van der Waals surface area (Å²) in [4.78, 5) is 0. The number of aliphatic hydroxyl groups is 1. The van der Waals surface area contributed by atoms with Crippen LogP contribution in [0.2, 0.25) is 0 Å². The van der Waals surface area contributed by atoms with Crippen LogP contribution in [0.15, 0.2) is 16.8 Å². The molecule has 2 atom stereocenters. The molecule has 0 radical (unpaired) electrons. The van der Waals surface area contributed by atoms with Gasteiger partial charge in [0.2, 0.25) is 0 Å². The summed E-state index contributed by atoms with van der Waals surface area (Å²) in [5.74, 6) is 0. The van der Waals surface area contributed by atoms with E-state index in [4.69, 9.17) is 0 Å². The van der Waals surface area contributed by atoms with E-state index >= 15 is 0 Å². The van der Waals surface area contributed by atoms with Crippen molar-refractivity contribution in [2.45, 2.75) is 44.2 Å². The van der Waals surface area contributed by atoms with Gasteiger partial charge in [0.15, 0.2) is 0 Å². The van der Waals surface area contributed by atoms with Gasteiger partial charge in [0, 0.05) is 6.04 Å². The molecule has 84 valence electrons. The predicted molar refractivity (Wildman–Crippen MR) is 64.3 cm³/mol. The first-order chi connectivity index (χ1) is 7.36. The van der Waals surface area contributed by atoms with Gasteiger partial charge < -0.3 is 10.4 Å². The molecule has 2 nitrogen and oxygen atoms in total. The first-order valence-electron chi connectivity index (χ1n) is 5.79. The number of aliphatic hydroxyl groups excluding tert-OH is 1. The molecule has 0 unspecified atom stereocenters. The van der Waals surface area contributed by atoms with Crippen molar-refractivity contribution in [3.8, 4) is 0 Å². The molecule has 1 aliphatic rings. The van der Waals surface area contributed by atoms with Gasteiger partial charge >= 0.3 is 0 Å². The highest BCUT2D eigenvalue weighted by molar-refractivity contribution is 7.07. The van der Waals surface area contributed by atoms with Crippen molar-refractivity contribution < 1.29 is 5.11 Å². The van der Waals surface area contributed by atoms with Gasteiger partial charge in [0.05, 0.1) is 6.10 Å². The van der Waals surface area contributed by atoms with Crippen LogP contribution in [0.25, 0.3) is 0 Å². The summed E-state index contributed by atoms with van der Waals surface area (Å²) in [5.41, 5.74) is 1.40. The minimum absolute atomic E-state index is 0.124. The van der Waals surface area contributed by atoms with Gasteiger partial charge in [-0.15, -0.1) is 0 Å². The van der Waals surface area contributed by atoms with E-state index in [9.17, 15) is 5.11 Å². The third kappa shape index (κ3) is 3.30. The lowest BCUT2D eigenvalue weighted by molar-refractivity contribution is 0.0914. The summed E-state index contributed by atoms with van der Waals surface area (Å²) >= 11 is 1.75. The zero-order chi connectivity index (χ0) is 10.5. The lowest BCUT2D eigenvalue weighted by Crippen LogP contribution is -2.42. The molecule has 2 N–H and O–H groups in total. The topological polar surface area (TPSA) is 32.3 Å². The van der Waals surface area contributed by atoms with E-state index in [1.807, 2.05) is 0 Å². The van der Waals surface area contributed by atoms with Gasteiger partial charge in [-0.3, -0.25) is 0 Å². The summed E-state index contributed by atoms with van der Waals surface area (Å²) in [6.07, 6.45) is 5.49. The Morgan fingerprint density at radius 3 is 3.00 bits per heavy atom. The molecule has 1 saturated carbocycles. The minimum Gasteiger partial charge on any atom is -0.392 e. The van der Waals surface area contributed by atoms with E-state index in [0.29, 0.717) is 6.04 Å². The maximum Gasteiger partial charge on any atom is 0.0693 e. The standard InChI is InChI=1S/C12H19NOS/c14-12-4-2-1-3-11(12)13-7-5-10-6-8-15-9-10/h6,8-9,11-14H,1-5,7H2/t11-,12-/m0/s1. The van der Waals surface area contributed by atoms with E-state index in [-0.39, 0.29) is 6.10 Å². The van der Waals surface area contributed by atoms with Crippen molar-refractivity contribution in [1.82, 2.24) is 5.32 Å². The molecule has 0 aromatic carbocycles. The fraction of sp³-hybridized carbons (Fsp3) is 0.667. The number of nitrogens with one attached hydrogen (secondary N) is 1. The van der Waals surface area contributed by atoms with Crippen LogP contribution in [0.4, 0.5) is 0 Å². The first-order valence-corrected chi connectivity index (χ1v) is 6.73. The van der Waals surface area contributed by atoms with E-state index in [1.165, 1.54) is 18.4 Å². The van der Waals surface area contributed by atoms with Crippen molar-refractivity contribution in [2.75, 3.05) is 6.54 Å². The molecule has 0 amide bonds. The summed E-state index contributed by atoms with van der Waals surface area (Å²) in [7, 11) is 0. The Labute approximate surface area is 95.3 Å². The average molecular weight is 225 g/mol. The molecule has 0 aliphatic heterocycles. The zero-order valence-corrected chi connectivity index (χ0v) is 9.80. The van der Waals surface area contributed by atoms with E-state index in [2.05, 4.69) is 22.1 Å². The molecule has 1 aromatic rings. The second kappa shape index (κ2) is 5.64. The Kier molecular flexibility index (Phi) is 4.18. The van der Waals surface area contributed by atoms with Crippen molar-refractivity contribution in [3.05, 3.63) is 22.4 Å². The molecule has 1 aromatic heterocycles. The highest BCUT2D eigenvalue weighted by Crippen LogP contribution is 2.18. The first kappa shape index (κ1) is 11.1. The van der Waals surface area contributed by atoms with Crippen LogP contribution < -0.4 is 5.32 Å². The molecular formula is C12H19NOS. The Bertz CT molecular complexity index is 273. The zero-order valence-electron chi connectivity index (χ0n) is 8.98. The second-order valence-corrected chi connectivity index (χ2v) is 5.07. The highest BCUT2D eigenvalue weighted by atomic mass is 32.1. The second-order valence-electron chi connectivity index (χ2n) is 4.29. The fourth-order valence-corrected chi connectivity index (χ4v) is 2.89. The van der Waals surface area contributed by atoms with Gasteiger partial charge in [-0.1, -0.05) is 12.8 Å². The molecule has 1 aliphatic carbocycles. The maximum atomic E-state index is 9.77. The van der Waals surface area contributed by atoms with Crippen LogP contribution >= 0.6 is 11.3 Å². The van der Waals surface area contributed by atoms with Crippen molar-refractivity contribution in [3.63, 3.8) is 0 Å². The quantitative estimate of drug-likeness (QED) is 0.823. The van der Waals surface area contributed by atoms with Crippen molar-refractivity contribution in [1.29, 1.82) is 0 Å². The smallest absolute Gasteiger partial charge is 0.0693 e. The monoisotopic (exact) mass is 225 g/mol. The Morgan fingerprint density at radius 2 is 2.27 bits per heavy atom. The summed E-state index contributed by atoms with van der Waals surface area (Å²) in [6, 6.07) is 2.50. The number of rotatable bonds is 4. The largest absolute Gasteiger partial charge is 0.392 e. The molecule has 0 bridgehead atoms. The van der Waals surface area contributed by atoms with Crippen LogP contribution in [0.5, 0.6) is 0 Å². The third-order valence-corrected chi connectivity index (χ3v) is 3.86. The Hall–Kier alpha value is -0.380. The van der Waals surface area contributed by atoms with Crippen LogP contribution in [0.1, 0.15) is 31.2 Å². The summed E-state index contributed by atoms with van der Waals surface area (Å²) in [5, 5.41) is 17.5. The molecule has 1 heterocycles. The number of thiophene rings is 1. The van der Waals surface area contributed by atoms with Crippen LogP contribution in [-0.2, 0) is 6.42 Å². The lowest BCUT2D eigenvalue weighted by atomic mass is 9.92. The molecule has 0 saturated heterocycles. The highest BCUT2D eigenvalue weighted by Gasteiger charge is 2.21. The third-order valence-electron chi connectivity index (χ3n) is 3.13. The molecule has 2 rings (SSSR count). The van der Waals surface area contributed by atoms with Crippen molar-refractivity contribution in [2.24, 2.45) is 0 Å². The van der Waals surface area contributed by atoms with Crippen LogP contribution in [0, 0.1) is 0 Å². The van der Waals surface area contributed by atoms with E-state index < -0.39 is 0 Å². The average Bonchev–Trinajstić information content (AvgIpc) is 2.74. The summed E-state index contributed by atoms with van der Waals surface area (Å²) < 4.78 is 0. The Balaban J connectivity index is 1.68. The van der Waals surface area contributed by atoms with E-state index in [1.54, 1.807) is 11.3 Å². The predicted octanol–water partition coefficient (Wildman–Crippen LogP) is 2.18. The number of hydrogen-bond acceptors (Lipinski definition) is 3. The fourth-order valence-electron chi connectivity index (χ4n) is 2.19. The van der Waals surface area contributed by atoms with Gasteiger partial charge in [0.1, 0.15) is 0 Å².